The highest BCUT2D eigenvalue weighted by molar-refractivity contribution is 7.99. The topological polar surface area (TPSA) is 77.8 Å². The molecule has 0 bridgehead atoms. The van der Waals surface area contributed by atoms with Gasteiger partial charge in [0.15, 0.2) is 0 Å². The third kappa shape index (κ3) is 4.40. The maximum atomic E-state index is 8.74. The Labute approximate surface area is 99.0 Å². The molecule has 2 rings (SSSR count). The predicted molar refractivity (Wildman–Crippen MR) is 64.4 cm³/mol. The molecular weight excluding hydrogens is 250 g/mol. The Morgan fingerprint density at radius 3 is 2.50 bits per heavy atom. The number of hydrogen-bond donors (Lipinski definition) is 2. The number of rotatable bonds is 1. The summed E-state index contributed by atoms with van der Waals surface area (Å²) in [5.41, 5.74) is 1.40. The highest BCUT2D eigenvalue weighted by atomic mass is 32.3. The predicted octanol–water partition coefficient (Wildman–Crippen LogP) is 1.92. The second kappa shape index (κ2) is 5.53. The van der Waals surface area contributed by atoms with E-state index in [-0.39, 0.29) is 0 Å². The maximum Gasteiger partial charge on any atom is 0.394 e. The summed E-state index contributed by atoms with van der Waals surface area (Å²) in [7, 11) is -4.67. The van der Waals surface area contributed by atoms with Crippen LogP contribution in [0.15, 0.2) is 29.2 Å². The molecule has 0 atom stereocenters. The zero-order valence-corrected chi connectivity index (χ0v) is 10.3. The first-order valence-corrected chi connectivity index (χ1v) is 6.96. The quantitative estimate of drug-likeness (QED) is 0.754. The van der Waals surface area contributed by atoms with E-state index in [1.807, 2.05) is 11.8 Å². The van der Waals surface area contributed by atoms with Crippen LogP contribution in [0.5, 0.6) is 0 Å². The largest absolute Gasteiger partial charge is 0.394 e. The molecule has 5 nitrogen and oxygen atoms in total. The molecule has 0 saturated carbocycles. The molecule has 0 amide bonds. The minimum absolute atomic E-state index is 1.12. The van der Waals surface area contributed by atoms with Gasteiger partial charge in [0.1, 0.15) is 0 Å². The normalized spacial score (nSPS) is 14.1. The zero-order chi connectivity index (χ0) is 12.2. The number of hydrogen-bond acceptors (Lipinski definition) is 4. The Bertz CT molecular complexity index is 439. The van der Waals surface area contributed by atoms with Crippen molar-refractivity contribution >= 4 is 27.8 Å². The summed E-state index contributed by atoms with van der Waals surface area (Å²) in [6.07, 6.45) is 0. The number of fused-ring (bicyclic) bond motifs is 1. The van der Waals surface area contributed by atoms with E-state index >= 15 is 0 Å². The van der Waals surface area contributed by atoms with Crippen molar-refractivity contribution in [2.45, 2.75) is 11.8 Å². The van der Waals surface area contributed by atoms with Gasteiger partial charge >= 0.3 is 10.4 Å². The van der Waals surface area contributed by atoms with Crippen LogP contribution in [0.2, 0.25) is 0 Å². The van der Waals surface area contributed by atoms with Crippen LogP contribution in [-0.2, 0) is 10.4 Å². The van der Waals surface area contributed by atoms with Gasteiger partial charge in [0.05, 0.1) is 11.6 Å². The minimum Gasteiger partial charge on any atom is -0.361 e. The van der Waals surface area contributed by atoms with Gasteiger partial charge in [-0.2, -0.15) is 8.42 Å². The monoisotopic (exact) mass is 263 g/mol. The lowest BCUT2D eigenvalue weighted by atomic mass is 10.3. The molecule has 16 heavy (non-hydrogen) atoms. The van der Waals surface area contributed by atoms with Crippen LogP contribution in [0, 0.1) is 0 Å². The summed E-state index contributed by atoms with van der Waals surface area (Å²) in [5, 5.41) is 0. The summed E-state index contributed by atoms with van der Waals surface area (Å²) in [5.74, 6) is 1.12. The van der Waals surface area contributed by atoms with Crippen LogP contribution >= 0.6 is 11.8 Å². The SMILES string of the molecule is CCN1CSc2ccccc21.O=S(=O)(O)O. The molecular formula is C9H13NO4S2. The number of benzene rings is 1. The van der Waals surface area contributed by atoms with Crippen molar-refractivity contribution in [3.05, 3.63) is 24.3 Å². The summed E-state index contributed by atoms with van der Waals surface area (Å²) < 4.78 is 31.6. The molecule has 1 heterocycles. The summed E-state index contributed by atoms with van der Waals surface area (Å²) in [4.78, 5) is 3.81. The van der Waals surface area contributed by atoms with Crippen molar-refractivity contribution in [1.29, 1.82) is 0 Å². The second-order valence-electron chi connectivity index (χ2n) is 3.05. The Morgan fingerprint density at radius 2 is 1.94 bits per heavy atom. The first kappa shape index (κ1) is 13.3. The van der Waals surface area contributed by atoms with Gasteiger partial charge in [0.25, 0.3) is 0 Å². The molecule has 90 valence electrons. The van der Waals surface area contributed by atoms with E-state index < -0.39 is 10.4 Å². The third-order valence-electron chi connectivity index (χ3n) is 1.96. The Balaban J connectivity index is 0.000000221. The number of para-hydroxylation sites is 1. The lowest BCUT2D eigenvalue weighted by molar-refractivity contribution is 0.381. The fourth-order valence-electron chi connectivity index (χ4n) is 1.32. The van der Waals surface area contributed by atoms with Crippen LogP contribution in [0.3, 0.4) is 0 Å². The third-order valence-corrected chi connectivity index (χ3v) is 3.06. The van der Waals surface area contributed by atoms with Crippen LogP contribution in [-0.4, -0.2) is 29.9 Å². The molecule has 0 aliphatic carbocycles. The van der Waals surface area contributed by atoms with Crippen LogP contribution in [0.4, 0.5) is 5.69 Å². The van der Waals surface area contributed by atoms with Crippen molar-refractivity contribution < 1.29 is 17.5 Å². The standard InChI is InChI=1S/C9H11NS.H2O4S/c1-2-10-7-11-9-6-4-3-5-8(9)10;1-5(2,3)4/h3-6H,2,7H2,1H3;(H2,1,2,3,4). The number of anilines is 1. The van der Waals surface area contributed by atoms with Crippen LogP contribution in [0.25, 0.3) is 0 Å². The van der Waals surface area contributed by atoms with Crippen molar-refractivity contribution in [2.75, 3.05) is 17.3 Å². The van der Waals surface area contributed by atoms with Gasteiger partial charge < -0.3 is 4.90 Å². The number of thioether (sulfide) groups is 1. The average molecular weight is 263 g/mol. The molecule has 0 spiro atoms. The second-order valence-corrected chi connectivity index (χ2v) is 4.93. The van der Waals surface area contributed by atoms with E-state index in [0.29, 0.717) is 0 Å². The van der Waals surface area contributed by atoms with E-state index in [1.54, 1.807) is 0 Å². The Hall–Kier alpha value is -0.760. The van der Waals surface area contributed by atoms with E-state index in [4.69, 9.17) is 17.5 Å². The molecule has 0 fully saturated rings. The van der Waals surface area contributed by atoms with Gasteiger partial charge in [-0.05, 0) is 19.1 Å². The van der Waals surface area contributed by atoms with E-state index in [0.717, 1.165) is 12.4 Å². The van der Waals surface area contributed by atoms with Crippen molar-refractivity contribution in [2.24, 2.45) is 0 Å². The molecule has 1 aromatic carbocycles. The van der Waals surface area contributed by atoms with Gasteiger partial charge in [-0.25, -0.2) is 0 Å². The lowest BCUT2D eigenvalue weighted by Crippen LogP contribution is -2.17. The molecule has 7 heteroatoms. The van der Waals surface area contributed by atoms with E-state index in [2.05, 4.69) is 36.1 Å². The zero-order valence-electron chi connectivity index (χ0n) is 8.70. The minimum atomic E-state index is -4.67. The van der Waals surface area contributed by atoms with Crippen molar-refractivity contribution in [1.82, 2.24) is 0 Å². The molecule has 0 saturated heterocycles. The van der Waals surface area contributed by atoms with Gasteiger partial charge in [0.2, 0.25) is 0 Å². The van der Waals surface area contributed by atoms with Gasteiger partial charge in [0, 0.05) is 11.4 Å². The Morgan fingerprint density at radius 1 is 1.38 bits per heavy atom. The molecule has 0 unspecified atom stereocenters. The molecule has 1 aliphatic heterocycles. The smallest absolute Gasteiger partial charge is 0.361 e. The molecule has 1 aromatic rings. The molecule has 1 aliphatic rings. The first-order valence-electron chi connectivity index (χ1n) is 4.58. The molecule has 0 aromatic heterocycles. The van der Waals surface area contributed by atoms with E-state index in [1.165, 1.54) is 10.6 Å². The van der Waals surface area contributed by atoms with E-state index in [9.17, 15) is 0 Å². The number of nitrogens with zero attached hydrogens (tertiary/aromatic N) is 1. The highest BCUT2D eigenvalue weighted by Gasteiger charge is 2.16. The summed E-state index contributed by atoms with van der Waals surface area (Å²) >= 11 is 1.93. The molecule has 0 radical (unpaired) electrons. The lowest BCUT2D eigenvalue weighted by Gasteiger charge is -2.14. The summed E-state index contributed by atoms with van der Waals surface area (Å²) in [6, 6.07) is 8.59. The van der Waals surface area contributed by atoms with Gasteiger partial charge in [-0.3, -0.25) is 9.11 Å². The fraction of sp³-hybridized carbons (Fsp3) is 0.333. The van der Waals surface area contributed by atoms with Crippen LogP contribution < -0.4 is 4.90 Å². The van der Waals surface area contributed by atoms with Crippen LogP contribution in [0.1, 0.15) is 6.92 Å². The van der Waals surface area contributed by atoms with Crippen molar-refractivity contribution in [3.63, 3.8) is 0 Å². The fourth-order valence-corrected chi connectivity index (χ4v) is 2.46. The van der Waals surface area contributed by atoms with Crippen molar-refractivity contribution in [3.8, 4) is 0 Å². The highest BCUT2D eigenvalue weighted by Crippen LogP contribution is 2.37. The average Bonchev–Trinajstić information content (AvgIpc) is 2.58. The van der Waals surface area contributed by atoms with Gasteiger partial charge in [-0.1, -0.05) is 12.1 Å². The Kier molecular flexibility index (Phi) is 4.60. The first-order chi connectivity index (χ1) is 7.42. The van der Waals surface area contributed by atoms with Gasteiger partial charge in [-0.15, -0.1) is 11.8 Å². The maximum absolute atomic E-state index is 8.74. The summed E-state index contributed by atoms with van der Waals surface area (Å²) in [6.45, 7) is 3.31. The molecule has 2 N–H and O–H groups in total.